The number of pyridine rings is 1. The molecule has 0 aliphatic heterocycles. The zero-order chi connectivity index (χ0) is 15.6. The van der Waals surface area contributed by atoms with E-state index in [9.17, 15) is 14.4 Å². The molecule has 0 saturated carbocycles. The summed E-state index contributed by atoms with van der Waals surface area (Å²) < 4.78 is 0. The maximum atomic E-state index is 12.4. The molecule has 0 atom stereocenters. The molecule has 2 aromatic rings. The maximum Gasteiger partial charge on any atom is 0.323 e. The first kappa shape index (κ1) is 14.8. The van der Waals surface area contributed by atoms with Crippen molar-refractivity contribution in [1.29, 1.82) is 0 Å². The average Bonchev–Trinajstić information content (AvgIpc) is 2.44. The number of carbonyl (C=O) groups excluding carboxylic acids is 1. The molecule has 2 rings (SSSR count). The Hall–Kier alpha value is -2.63. The van der Waals surface area contributed by atoms with Crippen LogP contribution < -0.4 is 5.43 Å². The van der Waals surface area contributed by atoms with Crippen LogP contribution in [0.2, 0.25) is 0 Å². The third kappa shape index (κ3) is 2.94. The molecule has 6 nitrogen and oxygen atoms in total. The first-order valence-corrected chi connectivity index (χ1v) is 6.55. The Bertz CT molecular complexity index is 749. The minimum atomic E-state index is -1.12. The van der Waals surface area contributed by atoms with Gasteiger partial charge in [0.15, 0.2) is 0 Å². The summed E-state index contributed by atoms with van der Waals surface area (Å²) in [7, 11) is 0. The molecule has 0 bridgehead atoms. The van der Waals surface area contributed by atoms with Crippen LogP contribution in [0.5, 0.6) is 0 Å². The number of hydrogen-bond acceptors (Lipinski definition) is 3. The monoisotopic (exact) mass is 288 g/mol. The Balaban J connectivity index is 2.49. The minimum absolute atomic E-state index is 0.0522. The van der Waals surface area contributed by atoms with Crippen LogP contribution in [0.4, 0.5) is 0 Å². The quantitative estimate of drug-likeness (QED) is 0.891. The van der Waals surface area contributed by atoms with Crippen molar-refractivity contribution in [3.8, 4) is 0 Å². The second-order valence-corrected chi connectivity index (χ2v) is 5.00. The Labute approximate surface area is 121 Å². The Kier molecular flexibility index (Phi) is 4.07. The van der Waals surface area contributed by atoms with Crippen LogP contribution in [0.25, 0.3) is 10.9 Å². The SMILES string of the molecule is CC(C)N(CC(=O)O)C(=O)c1c[nH]c2ccccc2c1=O. The van der Waals surface area contributed by atoms with E-state index in [0.717, 1.165) is 4.90 Å². The van der Waals surface area contributed by atoms with Gasteiger partial charge in [0.25, 0.3) is 5.91 Å². The van der Waals surface area contributed by atoms with E-state index in [4.69, 9.17) is 5.11 Å². The summed E-state index contributed by atoms with van der Waals surface area (Å²) in [5.41, 5.74) is 0.183. The van der Waals surface area contributed by atoms with Gasteiger partial charge < -0.3 is 15.0 Å². The fraction of sp³-hybridized carbons (Fsp3) is 0.267. The van der Waals surface area contributed by atoms with Crippen molar-refractivity contribution >= 4 is 22.8 Å². The van der Waals surface area contributed by atoms with Gasteiger partial charge in [-0.15, -0.1) is 0 Å². The molecule has 0 aliphatic rings. The van der Waals surface area contributed by atoms with Gasteiger partial charge in [-0.1, -0.05) is 12.1 Å². The predicted octanol–water partition coefficient (Wildman–Crippen LogP) is 1.46. The van der Waals surface area contributed by atoms with E-state index < -0.39 is 23.9 Å². The van der Waals surface area contributed by atoms with Gasteiger partial charge in [0, 0.05) is 23.1 Å². The molecule has 1 aromatic carbocycles. The zero-order valence-corrected chi connectivity index (χ0v) is 11.8. The molecule has 0 aliphatic carbocycles. The summed E-state index contributed by atoms with van der Waals surface area (Å²) in [4.78, 5) is 39.7. The van der Waals surface area contributed by atoms with Crippen LogP contribution in [0, 0.1) is 0 Å². The largest absolute Gasteiger partial charge is 0.480 e. The van der Waals surface area contributed by atoms with E-state index in [0.29, 0.717) is 10.9 Å². The van der Waals surface area contributed by atoms with Crippen molar-refractivity contribution < 1.29 is 14.7 Å². The minimum Gasteiger partial charge on any atom is -0.480 e. The van der Waals surface area contributed by atoms with Crippen LogP contribution in [0.15, 0.2) is 35.3 Å². The predicted molar refractivity (Wildman–Crippen MR) is 78.4 cm³/mol. The lowest BCUT2D eigenvalue weighted by Crippen LogP contribution is -2.42. The number of para-hydroxylation sites is 1. The number of aromatic nitrogens is 1. The average molecular weight is 288 g/mol. The second kappa shape index (κ2) is 5.78. The molecule has 1 amide bonds. The molecule has 2 N–H and O–H groups in total. The number of nitrogens with zero attached hydrogens (tertiary/aromatic N) is 1. The summed E-state index contributed by atoms with van der Waals surface area (Å²) in [5, 5.41) is 9.29. The lowest BCUT2D eigenvalue weighted by Gasteiger charge is -2.24. The summed E-state index contributed by atoms with van der Waals surface area (Å²) in [6.45, 7) is 2.97. The van der Waals surface area contributed by atoms with E-state index in [1.54, 1.807) is 38.1 Å². The van der Waals surface area contributed by atoms with Crippen LogP contribution >= 0.6 is 0 Å². The lowest BCUT2D eigenvalue weighted by molar-refractivity contribution is -0.138. The van der Waals surface area contributed by atoms with Crippen molar-refractivity contribution in [3.63, 3.8) is 0 Å². The number of hydrogen-bond donors (Lipinski definition) is 2. The fourth-order valence-electron chi connectivity index (χ4n) is 2.12. The molecule has 0 fully saturated rings. The Morgan fingerprint density at radius 3 is 2.57 bits per heavy atom. The van der Waals surface area contributed by atoms with Gasteiger partial charge in [0.05, 0.1) is 0 Å². The normalized spacial score (nSPS) is 10.8. The van der Waals surface area contributed by atoms with Crippen LogP contribution in [0.1, 0.15) is 24.2 Å². The number of carboxylic acids is 1. The number of benzene rings is 1. The van der Waals surface area contributed by atoms with Crippen LogP contribution in [-0.4, -0.2) is 39.5 Å². The van der Waals surface area contributed by atoms with Crippen LogP contribution in [-0.2, 0) is 4.79 Å². The highest BCUT2D eigenvalue weighted by Gasteiger charge is 2.24. The third-order valence-corrected chi connectivity index (χ3v) is 3.21. The number of carbonyl (C=O) groups is 2. The number of carboxylic acid groups (broad SMARTS) is 1. The van der Waals surface area contributed by atoms with Crippen molar-refractivity contribution in [2.24, 2.45) is 0 Å². The molecular weight excluding hydrogens is 272 g/mol. The van der Waals surface area contributed by atoms with Crippen molar-refractivity contribution in [3.05, 3.63) is 46.2 Å². The maximum absolute atomic E-state index is 12.4. The molecular formula is C15H16N2O4. The van der Waals surface area contributed by atoms with E-state index >= 15 is 0 Å². The van der Waals surface area contributed by atoms with Gasteiger partial charge in [-0.2, -0.15) is 0 Å². The standard InChI is InChI=1S/C15H16N2O4/c1-9(2)17(8-13(18)19)15(21)11-7-16-12-6-4-3-5-10(12)14(11)20/h3-7,9H,8H2,1-2H3,(H,16,20)(H,18,19). The molecule has 1 heterocycles. The second-order valence-electron chi connectivity index (χ2n) is 5.00. The number of fused-ring (bicyclic) bond motifs is 1. The first-order chi connectivity index (χ1) is 9.91. The summed E-state index contributed by atoms with van der Waals surface area (Å²) >= 11 is 0. The number of rotatable bonds is 4. The van der Waals surface area contributed by atoms with Crippen LogP contribution in [0.3, 0.4) is 0 Å². The van der Waals surface area contributed by atoms with Gasteiger partial charge in [-0.05, 0) is 26.0 Å². The third-order valence-electron chi connectivity index (χ3n) is 3.21. The molecule has 6 heteroatoms. The number of H-pyrrole nitrogens is 1. The van der Waals surface area contributed by atoms with Crippen molar-refractivity contribution in [2.45, 2.75) is 19.9 Å². The fourth-order valence-corrected chi connectivity index (χ4v) is 2.12. The molecule has 1 aromatic heterocycles. The number of amides is 1. The van der Waals surface area contributed by atoms with Gasteiger partial charge in [-0.25, -0.2) is 0 Å². The highest BCUT2D eigenvalue weighted by Crippen LogP contribution is 2.10. The first-order valence-electron chi connectivity index (χ1n) is 6.55. The van der Waals surface area contributed by atoms with Gasteiger partial charge in [0.1, 0.15) is 12.1 Å². The number of aromatic amines is 1. The van der Waals surface area contributed by atoms with E-state index in [1.165, 1.54) is 6.20 Å². The highest BCUT2D eigenvalue weighted by atomic mass is 16.4. The summed E-state index contributed by atoms with van der Waals surface area (Å²) in [6, 6.07) is 6.54. The van der Waals surface area contributed by atoms with Gasteiger partial charge >= 0.3 is 5.97 Å². The molecule has 110 valence electrons. The van der Waals surface area contributed by atoms with Crippen molar-refractivity contribution in [1.82, 2.24) is 9.88 Å². The van der Waals surface area contributed by atoms with E-state index in [-0.39, 0.29) is 11.6 Å². The van der Waals surface area contributed by atoms with E-state index in [1.807, 2.05) is 0 Å². The highest BCUT2D eigenvalue weighted by molar-refractivity contribution is 5.98. The van der Waals surface area contributed by atoms with Gasteiger partial charge in [0.2, 0.25) is 5.43 Å². The summed E-state index contributed by atoms with van der Waals surface area (Å²) in [6.07, 6.45) is 1.34. The molecule has 21 heavy (non-hydrogen) atoms. The van der Waals surface area contributed by atoms with Gasteiger partial charge in [-0.3, -0.25) is 14.4 Å². The molecule has 0 spiro atoms. The lowest BCUT2D eigenvalue weighted by atomic mass is 10.1. The number of nitrogens with one attached hydrogen (secondary N) is 1. The smallest absolute Gasteiger partial charge is 0.323 e. The topological polar surface area (TPSA) is 90.5 Å². The molecule has 0 saturated heterocycles. The van der Waals surface area contributed by atoms with Crippen molar-refractivity contribution in [2.75, 3.05) is 6.54 Å². The number of aliphatic carboxylic acids is 1. The Morgan fingerprint density at radius 2 is 1.95 bits per heavy atom. The molecule has 0 radical (unpaired) electrons. The zero-order valence-electron chi connectivity index (χ0n) is 11.8. The summed E-state index contributed by atoms with van der Waals surface area (Å²) in [5.74, 6) is -1.70. The van der Waals surface area contributed by atoms with E-state index in [2.05, 4.69) is 4.98 Å². The Morgan fingerprint density at radius 1 is 1.29 bits per heavy atom. The molecule has 0 unspecified atom stereocenters.